The highest BCUT2D eigenvalue weighted by Crippen LogP contribution is 2.38. The van der Waals surface area contributed by atoms with E-state index in [0.717, 1.165) is 18.6 Å². The second-order valence-electron chi connectivity index (χ2n) is 5.60. The van der Waals surface area contributed by atoms with E-state index in [1.807, 2.05) is 6.92 Å². The molecule has 1 amide bonds. The molecular formula is C15H16F3NO3. The summed E-state index contributed by atoms with van der Waals surface area (Å²) < 4.78 is 37.6. The fraction of sp³-hybridized carbons (Fsp3) is 0.467. The van der Waals surface area contributed by atoms with Crippen molar-refractivity contribution in [3.05, 3.63) is 35.4 Å². The molecule has 0 saturated heterocycles. The number of hydrogen-bond acceptors (Lipinski definition) is 2. The fourth-order valence-electron chi connectivity index (χ4n) is 2.30. The largest absolute Gasteiger partial charge is 0.481 e. The summed E-state index contributed by atoms with van der Waals surface area (Å²) >= 11 is 0. The van der Waals surface area contributed by atoms with Crippen LogP contribution in [0.5, 0.6) is 0 Å². The van der Waals surface area contributed by atoms with Gasteiger partial charge in [0.05, 0.1) is 18.0 Å². The predicted molar refractivity (Wildman–Crippen MR) is 71.9 cm³/mol. The Kier molecular flexibility index (Phi) is 4.44. The van der Waals surface area contributed by atoms with Crippen LogP contribution in [-0.4, -0.2) is 17.0 Å². The molecule has 22 heavy (non-hydrogen) atoms. The summed E-state index contributed by atoms with van der Waals surface area (Å²) in [5.74, 6) is -1.25. The Morgan fingerprint density at radius 1 is 1.32 bits per heavy atom. The van der Waals surface area contributed by atoms with Crippen molar-refractivity contribution in [1.82, 2.24) is 5.32 Å². The van der Waals surface area contributed by atoms with E-state index in [1.54, 1.807) is 0 Å². The quantitative estimate of drug-likeness (QED) is 0.878. The Bertz CT molecular complexity index is 568. The second-order valence-corrected chi connectivity index (χ2v) is 5.60. The maximum absolute atomic E-state index is 12.5. The van der Waals surface area contributed by atoms with Crippen molar-refractivity contribution in [3.8, 4) is 0 Å². The number of alkyl halides is 3. The molecule has 4 nitrogen and oxygen atoms in total. The van der Waals surface area contributed by atoms with E-state index in [4.69, 9.17) is 5.11 Å². The van der Waals surface area contributed by atoms with Crippen molar-refractivity contribution in [3.63, 3.8) is 0 Å². The summed E-state index contributed by atoms with van der Waals surface area (Å²) in [4.78, 5) is 22.8. The molecule has 0 radical (unpaired) electrons. The lowest BCUT2D eigenvalue weighted by Crippen LogP contribution is -2.31. The molecule has 0 aliphatic heterocycles. The topological polar surface area (TPSA) is 66.4 Å². The van der Waals surface area contributed by atoms with Crippen molar-refractivity contribution in [2.24, 2.45) is 11.8 Å². The first-order valence-electron chi connectivity index (χ1n) is 6.88. The van der Waals surface area contributed by atoms with Gasteiger partial charge in [-0.1, -0.05) is 19.1 Å². The van der Waals surface area contributed by atoms with Crippen LogP contribution in [0.25, 0.3) is 0 Å². The van der Waals surface area contributed by atoms with Crippen LogP contribution in [0.1, 0.15) is 36.9 Å². The number of amides is 1. The number of benzene rings is 1. The van der Waals surface area contributed by atoms with E-state index in [-0.39, 0.29) is 24.2 Å². The van der Waals surface area contributed by atoms with E-state index in [1.165, 1.54) is 12.1 Å². The van der Waals surface area contributed by atoms with Gasteiger partial charge < -0.3 is 10.4 Å². The minimum atomic E-state index is -4.45. The van der Waals surface area contributed by atoms with Gasteiger partial charge in [0.25, 0.3) is 0 Å². The SMILES string of the molecule is CC1CC1C(=O)NC(CC(=O)O)c1ccc(C(F)(F)F)cc1. The molecule has 1 aromatic carbocycles. The zero-order valence-electron chi connectivity index (χ0n) is 11.9. The molecule has 1 saturated carbocycles. The molecule has 1 aliphatic carbocycles. The summed E-state index contributed by atoms with van der Waals surface area (Å²) in [6.07, 6.45) is -4.08. The number of carbonyl (C=O) groups is 2. The van der Waals surface area contributed by atoms with Crippen LogP contribution >= 0.6 is 0 Å². The van der Waals surface area contributed by atoms with Crippen molar-refractivity contribution in [1.29, 1.82) is 0 Å². The van der Waals surface area contributed by atoms with E-state index in [9.17, 15) is 22.8 Å². The number of hydrogen-bond donors (Lipinski definition) is 2. The standard InChI is InChI=1S/C15H16F3NO3/c1-8-6-11(8)14(22)19-12(7-13(20)21)9-2-4-10(5-3-9)15(16,17)18/h2-5,8,11-12H,6-7H2,1H3,(H,19,22)(H,20,21). The number of halogens is 3. The first-order valence-corrected chi connectivity index (χ1v) is 6.88. The average Bonchev–Trinajstić information content (AvgIpc) is 3.14. The van der Waals surface area contributed by atoms with Crippen LogP contribution in [0.3, 0.4) is 0 Å². The average molecular weight is 315 g/mol. The molecule has 2 rings (SSSR count). The molecule has 3 unspecified atom stereocenters. The molecule has 1 aromatic rings. The highest BCUT2D eigenvalue weighted by molar-refractivity contribution is 5.82. The Morgan fingerprint density at radius 2 is 1.86 bits per heavy atom. The van der Waals surface area contributed by atoms with Gasteiger partial charge in [0.1, 0.15) is 0 Å². The monoisotopic (exact) mass is 315 g/mol. The van der Waals surface area contributed by atoms with Gasteiger partial charge in [0.2, 0.25) is 5.91 Å². The number of nitrogens with one attached hydrogen (secondary N) is 1. The van der Waals surface area contributed by atoms with Crippen molar-refractivity contribution in [2.75, 3.05) is 0 Å². The molecule has 2 N–H and O–H groups in total. The van der Waals surface area contributed by atoms with Gasteiger partial charge in [-0.05, 0) is 30.0 Å². The van der Waals surface area contributed by atoms with Gasteiger partial charge in [-0.25, -0.2) is 0 Å². The van der Waals surface area contributed by atoms with Gasteiger partial charge in [0, 0.05) is 5.92 Å². The third kappa shape index (κ3) is 3.99. The van der Waals surface area contributed by atoms with Gasteiger partial charge in [-0.3, -0.25) is 9.59 Å². The number of rotatable bonds is 5. The van der Waals surface area contributed by atoms with Crippen molar-refractivity contribution in [2.45, 2.75) is 32.0 Å². The summed E-state index contributed by atoms with van der Waals surface area (Å²) in [7, 11) is 0. The van der Waals surface area contributed by atoms with Crippen LogP contribution in [0.2, 0.25) is 0 Å². The normalized spacial score (nSPS) is 22.0. The Labute approximate surface area is 125 Å². The molecule has 7 heteroatoms. The van der Waals surface area contributed by atoms with E-state index >= 15 is 0 Å². The van der Waals surface area contributed by atoms with Crippen LogP contribution in [0.15, 0.2) is 24.3 Å². The maximum Gasteiger partial charge on any atom is 0.416 e. The van der Waals surface area contributed by atoms with E-state index in [2.05, 4.69) is 5.32 Å². The smallest absolute Gasteiger partial charge is 0.416 e. The Balaban J connectivity index is 2.14. The van der Waals surface area contributed by atoms with Crippen molar-refractivity contribution < 1.29 is 27.9 Å². The molecule has 0 heterocycles. The molecule has 1 fully saturated rings. The second kappa shape index (κ2) is 5.98. The number of carbonyl (C=O) groups excluding carboxylic acids is 1. The first kappa shape index (κ1) is 16.3. The number of carboxylic acids is 1. The number of carboxylic acid groups (broad SMARTS) is 1. The van der Waals surface area contributed by atoms with Gasteiger partial charge in [0.15, 0.2) is 0 Å². The van der Waals surface area contributed by atoms with Crippen molar-refractivity contribution >= 4 is 11.9 Å². The van der Waals surface area contributed by atoms with E-state index < -0.39 is 23.8 Å². The Morgan fingerprint density at radius 3 is 2.27 bits per heavy atom. The minimum Gasteiger partial charge on any atom is -0.481 e. The fourth-order valence-corrected chi connectivity index (χ4v) is 2.30. The molecule has 1 aliphatic rings. The highest BCUT2D eigenvalue weighted by Gasteiger charge is 2.40. The number of aliphatic carboxylic acids is 1. The summed E-state index contributed by atoms with van der Waals surface area (Å²) in [6.45, 7) is 1.91. The molecule has 3 atom stereocenters. The highest BCUT2D eigenvalue weighted by atomic mass is 19.4. The zero-order valence-corrected chi connectivity index (χ0v) is 11.9. The molecule has 0 aromatic heterocycles. The predicted octanol–water partition coefficient (Wildman–Crippen LogP) is 2.99. The third-order valence-electron chi connectivity index (χ3n) is 3.78. The van der Waals surface area contributed by atoms with Gasteiger partial charge in [-0.2, -0.15) is 13.2 Å². The van der Waals surface area contributed by atoms with Crippen LogP contribution in [0.4, 0.5) is 13.2 Å². The van der Waals surface area contributed by atoms with Gasteiger partial charge >= 0.3 is 12.1 Å². The van der Waals surface area contributed by atoms with Crippen LogP contribution < -0.4 is 5.32 Å². The lowest BCUT2D eigenvalue weighted by molar-refractivity contribution is -0.139. The molecule has 0 bridgehead atoms. The summed E-state index contributed by atoms with van der Waals surface area (Å²) in [6, 6.07) is 3.34. The summed E-state index contributed by atoms with van der Waals surface area (Å²) in [5, 5.41) is 11.5. The lowest BCUT2D eigenvalue weighted by atomic mass is 10.0. The van der Waals surface area contributed by atoms with Gasteiger partial charge in [-0.15, -0.1) is 0 Å². The zero-order chi connectivity index (χ0) is 16.5. The maximum atomic E-state index is 12.5. The van der Waals surface area contributed by atoms with Crippen LogP contribution in [-0.2, 0) is 15.8 Å². The van der Waals surface area contributed by atoms with E-state index in [0.29, 0.717) is 5.56 Å². The minimum absolute atomic E-state index is 0.134. The first-order chi connectivity index (χ1) is 10.2. The molecular weight excluding hydrogens is 299 g/mol. The Hall–Kier alpha value is -2.05. The summed E-state index contributed by atoms with van der Waals surface area (Å²) in [5.41, 5.74) is -0.468. The molecule has 120 valence electrons. The third-order valence-corrected chi connectivity index (χ3v) is 3.78. The molecule has 0 spiro atoms. The van der Waals surface area contributed by atoms with Crippen LogP contribution in [0, 0.1) is 11.8 Å². The lowest BCUT2D eigenvalue weighted by Gasteiger charge is -2.18.